The minimum absolute atomic E-state index is 0.304. The molecule has 3 heteroatoms. The number of hydrogen-bond acceptors (Lipinski definition) is 2. The first-order valence-electron chi connectivity index (χ1n) is 5.12. The van der Waals surface area contributed by atoms with Crippen LogP contribution in [0.1, 0.15) is 40.0 Å². The van der Waals surface area contributed by atoms with Gasteiger partial charge in [0.25, 0.3) is 0 Å². The minimum atomic E-state index is 0.304. The summed E-state index contributed by atoms with van der Waals surface area (Å²) < 4.78 is 0. The van der Waals surface area contributed by atoms with E-state index in [1.807, 2.05) is 0 Å². The molecule has 0 aromatic carbocycles. The Labute approximate surface area is 86.8 Å². The van der Waals surface area contributed by atoms with Crippen molar-refractivity contribution in [1.29, 1.82) is 0 Å². The van der Waals surface area contributed by atoms with Gasteiger partial charge in [-0.05, 0) is 33.6 Å². The molecule has 1 fully saturated rings. The van der Waals surface area contributed by atoms with Crippen LogP contribution in [0, 0.1) is 0 Å². The molecule has 76 valence electrons. The van der Waals surface area contributed by atoms with Crippen molar-refractivity contribution in [2.24, 2.45) is 4.99 Å². The van der Waals surface area contributed by atoms with Crippen LogP contribution in [0.5, 0.6) is 0 Å². The summed E-state index contributed by atoms with van der Waals surface area (Å²) in [5, 5.41) is 0.304. The highest BCUT2D eigenvalue weighted by atomic mass is 32.1. The van der Waals surface area contributed by atoms with E-state index in [9.17, 15) is 0 Å². The zero-order valence-corrected chi connectivity index (χ0v) is 9.72. The van der Waals surface area contributed by atoms with Gasteiger partial charge in [0.2, 0.25) is 0 Å². The van der Waals surface area contributed by atoms with Gasteiger partial charge in [0.1, 0.15) is 5.84 Å². The van der Waals surface area contributed by atoms with E-state index in [0.29, 0.717) is 11.4 Å². The first kappa shape index (κ1) is 10.9. The average molecular weight is 200 g/mol. The second kappa shape index (κ2) is 4.89. The standard InChI is InChI=1S/C10H20N2S/c1-8(2)11-10-6-4-5-7-12(10)9(3)13/h8-9,13H,4-7H2,1-3H3/b11-10-. The van der Waals surface area contributed by atoms with E-state index in [1.165, 1.54) is 18.7 Å². The number of amidine groups is 1. The number of nitrogens with zero attached hydrogens (tertiary/aromatic N) is 2. The highest BCUT2D eigenvalue weighted by Gasteiger charge is 2.19. The summed E-state index contributed by atoms with van der Waals surface area (Å²) in [6.45, 7) is 7.49. The fraction of sp³-hybridized carbons (Fsp3) is 0.900. The van der Waals surface area contributed by atoms with Crippen LogP contribution in [0.2, 0.25) is 0 Å². The Bertz CT molecular complexity index is 187. The molecule has 0 spiro atoms. The maximum Gasteiger partial charge on any atom is 0.100 e. The van der Waals surface area contributed by atoms with Crippen molar-refractivity contribution in [3.63, 3.8) is 0 Å². The maximum absolute atomic E-state index is 4.63. The molecule has 1 atom stereocenters. The van der Waals surface area contributed by atoms with Crippen LogP contribution in [-0.4, -0.2) is 28.7 Å². The molecule has 1 aliphatic heterocycles. The van der Waals surface area contributed by atoms with E-state index < -0.39 is 0 Å². The molecule has 1 unspecified atom stereocenters. The summed E-state index contributed by atoms with van der Waals surface area (Å²) in [6.07, 6.45) is 3.69. The molecular weight excluding hydrogens is 180 g/mol. The molecule has 0 aromatic rings. The van der Waals surface area contributed by atoms with Crippen LogP contribution in [-0.2, 0) is 0 Å². The fourth-order valence-electron chi connectivity index (χ4n) is 1.68. The van der Waals surface area contributed by atoms with Gasteiger partial charge in [-0.15, -0.1) is 0 Å². The minimum Gasteiger partial charge on any atom is -0.349 e. The van der Waals surface area contributed by atoms with Crippen LogP contribution >= 0.6 is 12.6 Å². The van der Waals surface area contributed by atoms with E-state index in [-0.39, 0.29) is 0 Å². The van der Waals surface area contributed by atoms with Crippen molar-refractivity contribution in [3.8, 4) is 0 Å². The van der Waals surface area contributed by atoms with E-state index in [2.05, 4.69) is 43.3 Å². The molecule has 0 radical (unpaired) electrons. The summed E-state index contributed by atoms with van der Waals surface area (Å²) in [5.41, 5.74) is 0. The second-order valence-corrected chi connectivity index (χ2v) is 4.67. The third-order valence-corrected chi connectivity index (χ3v) is 2.52. The predicted octanol–water partition coefficient (Wildman–Crippen LogP) is 2.56. The third kappa shape index (κ3) is 3.22. The van der Waals surface area contributed by atoms with Gasteiger partial charge in [0.15, 0.2) is 0 Å². The average Bonchev–Trinajstić information content (AvgIpc) is 2.03. The smallest absolute Gasteiger partial charge is 0.100 e. The van der Waals surface area contributed by atoms with Crippen LogP contribution in [0.15, 0.2) is 4.99 Å². The van der Waals surface area contributed by atoms with Gasteiger partial charge in [-0.1, -0.05) is 0 Å². The number of aliphatic imine (C=N–C) groups is 1. The number of piperidine rings is 1. The van der Waals surface area contributed by atoms with Gasteiger partial charge < -0.3 is 4.90 Å². The molecule has 1 saturated heterocycles. The largest absolute Gasteiger partial charge is 0.349 e. The Hall–Kier alpha value is -0.180. The summed E-state index contributed by atoms with van der Waals surface area (Å²) >= 11 is 4.47. The van der Waals surface area contributed by atoms with Crippen molar-refractivity contribution in [2.75, 3.05) is 6.54 Å². The van der Waals surface area contributed by atoms with Gasteiger partial charge in [0, 0.05) is 19.0 Å². The van der Waals surface area contributed by atoms with E-state index >= 15 is 0 Å². The summed E-state index contributed by atoms with van der Waals surface area (Å²) in [7, 11) is 0. The molecule has 2 nitrogen and oxygen atoms in total. The molecule has 13 heavy (non-hydrogen) atoms. The van der Waals surface area contributed by atoms with Crippen LogP contribution in [0.25, 0.3) is 0 Å². The molecule has 1 rings (SSSR count). The molecule has 0 saturated carbocycles. The molecule has 0 N–H and O–H groups in total. The van der Waals surface area contributed by atoms with Crippen LogP contribution < -0.4 is 0 Å². The van der Waals surface area contributed by atoms with Crippen molar-refractivity contribution in [2.45, 2.75) is 51.4 Å². The van der Waals surface area contributed by atoms with Gasteiger partial charge >= 0.3 is 0 Å². The number of thiol groups is 1. The van der Waals surface area contributed by atoms with Crippen molar-refractivity contribution >= 4 is 18.5 Å². The molecule has 0 aliphatic carbocycles. The highest BCUT2D eigenvalue weighted by Crippen LogP contribution is 2.17. The van der Waals surface area contributed by atoms with Crippen LogP contribution in [0.3, 0.4) is 0 Å². The quantitative estimate of drug-likeness (QED) is 0.677. The zero-order chi connectivity index (χ0) is 9.84. The summed E-state index contributed by atoms with van der Waals surface area (Å²) in [4.78, 5) is 6.94. The number of hydrogen-bond donors (Lipinski definition) is 1. The van der Waals surface area contributed by atoms with E-state index in [4.69, 9.17) is 0 Å². The lowest BCUT2D eigenvalue weighted by Crippen LogP contribution is -2.39. The van der Waals surface area contributed by atoms with Gasteiger partial charge in [-0.3, -0.25) is 4.99 Å². The lowest BCUT2D eigenvalue weighted by atomic mass is 10.1. The first-order chi connectivity index (χ1) is 6.11. The van der Waals surface area contributed by atoms with Crippen molar-refractivity contribution < 1.29 is 0 Å². The fourth-order valence-corrected chi connectivity index (χ4v) is 1.93. The summed E-state index contributed by atoms with van der Waals surface area (Å²) in [6, 6.07) is 0.405. The lowest BCUT2D eigenvalue weighted by Gasteiger charge is -2.33. The second-order valence-electron chi connectivity index (χ2n) is 3.92. The first-order valence-corrected chi connectivity index (χ1v) is 5.64. The SMILES string of the molecule is CC(C)/N=C1/CCCCN1C(C)S. The Kier molecular flexibility index (Phi) is 4.10. The van der Waals surface area contributed by atoms with Crippen LogP contribution in [0.4, 0.5) is 0 Å². The van der Waals surface area contributed by atoms with E-state index in [1.54, 1.807) is 0 Å². The van der Waals surface area contributed by atoms with E-state index in [0.717, 1.165) is 13.0 Å². The monoisotopic (exact) mass is 200 g/mol. The molecule has 0 bridgehead atoms. The van der Waals surface area contributed by atoms with Crippen molar-refractivity contribution in [1.82, 2.24) is 4.90 Å². The normalized spacial score (nSPS) is 24.1. The lowest BCUT2D eigenvalue weighted by molar-refractivity contribution is 0.363. The summed E-state index contributed by atoms with van der Waals surface area (Å²) in [5.74, 6) is 1.25. The molecule has 1 aliphatic rings. The Morgan fingerprint density at radius 2 is 2.00 bits per heavy atom. The molecule has 0 amide bonds. The third-order valence-electron chi connectivity index (χ3n) is 2.24. The van der Waals surface area contributed by atoms with Crippen molar-refractivity contribution in [3.05, 3.63) is 0 Å². The topological polar surface area (TPSA) is 15.6 Å². The van der Waals surface area contributed by atoms with Gasteiger partial charge in [0.05, 0.1) is 5.37 Å². The Balaban J connectivity index is 2.67. The zero-order valence-electron chi connectivity index (χ0n) is 8.82. The van der Waals surface area contributed by atoms with Gasteiger partial charge in [-0.2, -0.15) is 12.6 Å². The predicted molar refractivity (Wildman–Crippen MR) is 61.6 cm³/mol. The number of likely N-dealkylation sites (tertiary alicyclic amines) is 1. The molecule has 1 heterocycles. The van der Waals surface area contributed by atoms with Gasteiger partial charge in [-0.25, -0.2) is 0 Å². The number of rotatable bonds is 2. The highest BCUT2D eigenvalue weighted by molar-refractivity contribution is 7.80. The Morgan fingerprint density at radius 3 is 2.54 bits per heavy atom. The Morgan fingerprint density at radius 1 is 1.31 bits per heavy atom. The molecular formula is C10H20N2S. The molecule has 0 aromatic heterocycles. The maximum atomic E-state index is 4.63.